The molecule has 0 aliphatic rings. The number of pyridine rings is 1. The van der Waals surface area contributed by atoms with E-state index < -0.39 is 0 Å². The molecule has 0 fully saturated rings. The third kappa shape index (κ3) is 2.69. The maximum Gasteiger partial charge on any atom is 0.263 e. The highest BCUT2D eigenvalue weighted by Gasteiger charge is 2.16. The summed E-state index contributed by atoms with van der Waals surface area (Å²) in [5.74, 6) is 0.683. The number of hydrogen-bond donors (Lipinski definition) is 1. The van der Waals surface area contributed by atoms with Crippen LogP contribution in [0.3, 0.4) is 0 Å². The fourth-order valence-electron chi connectivity index (χ4n) is 2.51. The van der Waals surface area contributed by atoms with Crippen LogP contribution in [0, 0.1) is 6.92 Å². The molecule has 0 saturated heterocycles. The van der Waals surface area contributed by atoms with Crippen molar-refractivity contribution in [2.24, 2.45) is 0 Å². The molecule has 4 rings (SSSR count). The van der Waals surface area contributed by atoms with Crippen molar-refractivity contribution in [3.63, 3.8) is 0 Å². The molecule has 3 aromatic heterocycles. The molecule has 0 atom stereocenters. The molecule has 0 aliphatic heterocycles. The highest BCUT2D eigenvalue weighted by atomic mass is 16.5. The van der Waals surface area contributed by atoms with Gasteiger partial charge in [0.05, 0.1) is 12.2 Å². The van der Waals surface area contributed by atoms with Gasteiger partial charge < -0.3 is 9.84 Å². The van der Waals surface area contributed by atoms with Crippen molar-refractivity contribution in [3.8, 4) is 11.3 Å². The number of aromatic nitrogens is 4. The minimum Gasteiger partial charge on any atom is -0.364 e. The fourth-order valence-corrected chi connectivity index (χ4v) is 2.51. The Morgan fingerprint density at radius 3 is 2.67 bits per heavy atom. The average molecular weight is 317 g/mol. The molecule has 118 valence electrons. The van der Waals surface area contributed by atoms with Crippen molar-refractivity contribution in [2.75, 3.05) is 5.32 Å². The van der Waals surface area contributed by atoms with Crippen LogP contribution in [0.1, 0.15) is 11.3 Å². The summed E-state index contributed by atoms with van der Waals surface area (Å²) in [6.07, 6.45) is 3.23. The monoisotopic (exact) mass is 317 g/mol. The van der Waals surface area contributed by atoms with E-state index in [1.54, 1.807) is 6.20 Å². The van der Waals surface area contributed by atoms with E-state index in [1.807, 2.05) is 49.4 Å². The summed E-state index contributed by atoms with van der Waals surface area (Å²) >= 11 is 0. The van der Waals surface area contributed by atoms with Crippen LogP contribution in [0.25, 0.3) is 22.4 Å². The molecule has 0 unspecified atom stereocenters. The van der Waals surface area contributed by atoms with E-state index >= 15 is 0 Å². The van der Waals surface area contributed by atoms with Gasteiger partial charge in [0.2, 0.25) is 0 Å². The Bertz CT molecular complexity index is 964. The van der Waals surface area contributed by atoms with E-state index in [4.69, 9.17) is 4.52 Å². The maximum absolute atomic E-state index is 5.37. The zero-order valence-electron chi connectivity index (χ0n) is 13.1. The topological polar surface area (TPSA) is 76.7 Å². The zero-order chi connectivity index (χ0) is 16.4. The van der Waals surface area contributed by atoms with Gasteiger partial charge in [0.15, 0.2) is 0 Å². The van der Waals surface area contributed by atoms with E-state index in [1.165, 1.54) is 11.9 Å². The molecule has 0 bridgehead atoms. The van der Waals surface area contributed by atoms with Crippen LogP contribution in [0.5, 0.6) is 0 Å². The molecule has 0 radical (unpaired) electrons. The lowest BCUT2D eigenvalue weighted by molar-refractivity contribution is 0.451. The molecule has 1 N–H and O–H groups in total. The number of aryl methyl sites for hydroxylation is 1. The van der Waals surface area contributed by atoms with Gasteiger partial charge in [0.1, 0.15) is 23.2 Å². The molecule has 0 amide bonds. The largest absolute Gasteiger partial charge is 0.364 e. The SMILES string of the molecule is Cc1ccc(-c2noc3ncnc(NCc4ccccn4)c23)cc1. The van der Waals surface area contributed by atoms with Gasteiger partial charge in [0.25, 0.3) is 5.71 Å². The average Bonchev–Trinajstić information content (AvgIpc) is 3.06. The molecule has 0 spiro atoms. The van der Waals surface area contributed by atoms with Gasteiger partial charge >= 0.3 is 0 Å². The van der Waals surface area contributed by atoms with Crippen LogP contribution in [0.15, 0.2) is 59.5 Å². The summed E-state index contributed by atoms with van der Waals surface area (Å²) in [6, 6.07) is 13.9. The molecule has 0 aliphatic carbocycles. The molecular weight excluding hydrogens is 302 g/mol. The third-order valence-corrected chi connectivity index (χ3v) is 3.76. The van der Waals surface area contributed by atoms with E-state index in [-0.39, 0.29) is 0 Å². The number of nitrogens with zero attached hydrogens (tertiary/aromatic N) is 4. The van der Waals surface area contributed by atoms with Gasteiger partial charge in [-0.2, -0.15) is 4.98 Å². The smallest absolute Gasteiger partial charge is 0.263 e. The third-order valence-electron chi connectivity index (χ3n) is 3.76. The standard InChI is InChI=1S/C18H15N5O/c1-12-5-7-13(8-6-12)16-15-17(21-11-22-18(15)24-23-16)20-10-14-4-2-3-9-19-14/h2-9,11H,10H2,1H3,(H,20,21,22). The Morgan fingerprint density at radius 1 is 1.00 bits per heavy atom. The van der Waals surface area contributed by atoms with E-state index in [9.17, 15) is 0 Å². The summed E-state index contributed by atoms with van der Waals surface area (Å²) in [4.78, 5) is 12.8. The lowest BCUT2D eigenvalue weighted by atomic mass is 10.1. The van der Waals surface area contributed by atoms with E-state index in [0.29, 0.717) is 18.1 Å². The van der Waals surface area contributed by atoms with Gasteiger partial charge in [-0.05, 0) is 19.1 Å². The van der Waals surface area contributed by atoms with Crippen LogP contribution in [-0.4, -0.2) is 20.1 Å². The van der Waals surface area contributed by atoms with Crippen LogP contribution in [0.4, 0.5) is 5.82 Å². The van der Waals surface area contributed by atoms with Crippen molar-refractivity contribution in [1.29, 1.82) is 0 Å². The Balaban J connectivity index is 1.73. The first-order valence-corrected chi connectivity index (χ1v) is 7.62. The van der Waals surface area contributed by atoms with Crippen LogP contribution in [-0.2, 0) is 6.54 Å². The lowest BCUT2D eigenvalue weighted by Crippen LogP contribution is -2.03. The molecule has 6 nitrogen and oxygen atoms in total. The number of benzene rings is 1. The van der Waals surface area contributed by atoms with E-state index in [2.05, 4.69) is 25.4 Å². The summed E-state index contributed by atoms with van der Waals surface area (Å²) < 4.78 is 5.37. The molecule has 6 heteroatoms. The maximum atomic E-state index is 5.37. The summed E-state index contributed by atoms with van der Waals surface area (Å²) in [6.45, 7) is 2.61. The Morgan fingerprint density at radius 2 is 1.88 bits per heavy atom. The van der Waals surface area contributed by atoms with Gasteiger partial charge in [0, 0.05) is 11.8 Å². The Hall–Kier alpha value is -3.28. The first-order valence-electron chi connectivity index (χ1n) is 7.62. The second-order valence-electron chi connectivity index (χ2n) is 5.47. The van der Waals surface area contributed by atoms with E-state index in [0.717, 1.165) is 22.3 Å². The second kappa shape index (κ2) is 6.08. The number of rotatable bonds is 4. The van der Waals surface area contributed by atoms with Crippen molar-refractivity contribution < 1.29 is 4.52 Å². The van der Waals surface area contributed by atoms with Gasteiger partial charge in [-0.15, -0.1) is 0 Å². The van der Waals surface area contributed by atoms with Gasteiger partial charge in [-0.3, -0.25) is 4.98 Å². The van der Waals surface area contributed by atoms with Crippen LogP contribution >= 0.6 is 0 Å². The Kier molecular flexibility index (Phi) is 3.63. The van der Waals surface area contributed by atoms with Crippen molar-refractivity contribution in [1.82, 2.24) is 20.1 Å². The van der Waals surface area contributed by atoms with Crippen molar-refractivity contribution >= 4 is 16.9 Å². The van der Waals surface area contributed by atoms with Gasteiger partial charge in [-0.1, -0.05) is 41.1 Å². The predicted molar refractivity (Wildman–Crippen MR) is 91.3 cm³/mol. The number of nitrogens with one attached hydrogen (secondary N) is 1. The Labute approximate surface area is 138 Å². The molecule has 24 heavy (non-hydrogen) atoms. The minimum absolute atomic E-state index is 0.462. The first-order chi connectivity index (χ1) is 11.8. The summed E-state index contributed by atoms with van der Waals surface area (Å²) in [5, 5.41) is 8.25. The zero-order valence-corrected chi connectivity index (χ0v) is 13.1. The normalized spacial score (nSPS) is 10.9. The molecule has 4 aromatic rings. The highest BCUT2D eigenvalue weighted by Crippen LogP contribution is 2.31. The highest BCUT2D eigenvalue weighted by molar-refractivity contribution is 5.97. The van der Waals surface area contributed by atoms with Crippen molar-refractivity contribution in [2.45, 2.75) is 13.5 Å². The molecule has 1 aromatic carbocycles. The predicted octanol–water partition coefficient (Wildman–Crippen LogP) is 3.60. The van der Waals surface area contributed by atoms with Crippen LogP contribution < -0.4 is 5.32 Å². The second-order valence-corrected chi connectivity index (χ2v) is 5.47. The molecule has 3 heterocycles. The fraction of sp³-hybridized carbons (Fsp3) is 0.111. The molecule has 0 saturated carbocycles. The minimum atomic E-state index is 0.462. The number of hydrogen-bond acceptors (Lipinski definition) is 6. The number of fused-ring (bicyclic) bond motifs is 1. The first kappa shape index (κ1) is 14.3. The quantitative estimate of drug-likeness (QED) is 0.619. The van der Waals surface area contributed by atoms with Crippen LogP contribution in [0.2, 0.25) is 0 Å². The van der Waals surface area contributed by atoms with Gasteiger partial charge in [-0.25, -0.2) is 4.98 Å². The summed E-state index contributed by atoms with van der Waals surface area (Å²) in [5.41, 5.74) is 4.28. The summed E-state index contributed by atoms with van der Waals surface area (Å²) in [7, 11) is 0. The lowest BCUT2D eigenvalue weighted by Gasteiger charge is -2.06. The van der Waals surface area contributed by atoms with Crippen molar-refractivity contribution in [3.05, 3.63) is 66.2 Å². The molecular formula is C18H15N5O. The number of anilines is 1.